The van der Waals surface area contributed by atoms with Crippen LogP contribution in [0.5, 0.6) is 0 Å². The molecule has 0 aromatic rings. The first-order valence-corrected chi connectivity index (χ1v) is 7.20. The molecule has 2 heteroatoms. The van der Waals surface area contributed by atoms with Crippen molar-refractivity contribution in [2.45, 2.75) is 58.5 Å². The fourth-order valence-electron chi connectivity index (χ4n) is 5.85. The zero-order valence-electron chi connectivity index (χ0n) is 11.4. The van der Waals surface area contributed by atoms with E-state index >= 15 is 0 Å². The van der Waals surface area contributed by atoms with E-state index in [0.717, 1.165) is 25.2 Å². The molecule has 3 aliphatic carbocycles. The minimum atomic E-state index is -0.563. The van der Waals surface area contributed by atoms with Gasteiger partial charge in [0.1, 0.15) is 0 Å². The zero-order valence-corrected chi connectivity index (χ0v) is 11.4. The normalized spacial score (nSPS) is 61.6. The maximum atomic E-state index is 10.7. The molecule has 0 aliphatic heterocycles. The van der Waals surface area contributed by atoms with Crippen LogP contribution in [0.4, 0.5) is 0 Å². The van der Waals surface area contributed by atoms with Crippen LogP contribution in [0.1, 0.15) is 52.9 Å². The van der Waals surface area contributed by atoms with Gasteiger partial charge < -0.3 is 10.2 Å². The Hall–Kier alpha value is -0.0800. The lowest BCUT2D eigenvalue weighted by Gasteiger charge is -2.44. The van der Waals surface area contributed by atoms with Crippen LogP contribution in [0.15, 0.2) is 0 Å². The van der Waals surface area contributed by atoms with E-state index in [1.807, 2.05) is 6.92 Å². The summed E-state index contributed by atoms with van der Waals surface area (Å²) in [5.41, 5.74) is -0.179. The molecular formula is C15H26O2. The van der Waals surface area contributed by atoms with Crippen molar-refractivity contribution in [3.8, 4) is 0 Å². The van der Waals surface area contributed by atoms with Crippen molar-refractivity contribution in [2.75, 3.05) is 6.61 Å². The molecule has 3 fully saturated rings. The van der Waals surface area contributed by atoms with E-state index in [4.69, 9.17) is 0 Å². The van der Waals surface area contributed by atoms with Crippen molar-refractivity contribution in [2.24, 2.45) is 28.6 Å². The fourth-order valence-corrected chi connectivity index (χ4v) is 5.85. The Morgan fingerprint density at radius 3 is 2.47 bits per heavy atom. The highest BCUT2D eigenvalue weighted by molar-refractivity contribution is 5.17. The lowest BCUT2D eigenvalue weighted by atomic mass is 9.64. The Labute approximate surface area is 104 Å². The minimum absolute atomic E-state index is 0.0508. The van der Waals surface area contributed by atoms with Gasteiger partial charge >= 0.3 is 0 Å². The molecule has 0 aromatic carbocycles. The molecule has 0 heterocycles. The lowest BCUT2D eigenvalue weighted by molar-refractivity contribution is -0.0858. The maximum absolute atomic E-state index is 10.7. The lowest BCUT2D eigenvalue weighted by Crippen LogP contribution is -2.46. The summed E-state index contributed by atoms with van der Waals surface area (Å²) in [5, 5.41) is 20.6. The second kappa shape index (κ2) is 3.27. The van der Waals surface area contributed by atoms with Gasteiger partial charge in [-0.1, -0.05) is 13.8 Å². The molecule has 3 rings (SSSR count). The molecule has 0 aromatic heterocycles. The van der Waals surface area contributed by atoms with Gasteiger partial charge in [0, 0.05) is 6.61 Å². The smallest absolute Gasteiger partial charge is 0.0654 e. The van der Waals surface area contributed by atoms with E-state index in [1.165, 1.54) is 12.8 Å². The number of fused-ring (bicyclic) bond motifs is 1. The van der Waals surface area contributed by atoms with E-state index in [-0.39, 0.29) is 12.0 Å². The average molecular weight is 238 g/mol. The second-order valence-corrected chi connectivity index (χ2v) is 7.54. The van der Waals surface area contributed by atoms with Gasteiger partial charge in [0.15, 0.2) is 0 Å². The summed E-state index contributed by atoms with van der Waals surface area (Å²) >= 11 is 0. The largest absolute Gasteiger partial charge is 0.396 e. The Morgan fingerprint density at radius 2 is 1.82 bits per heavy atom. The van der Waals surface area contributed by atoms with E-state index in [0.29, 0.717) is 17.3 Å². The molecule has 1 spiro atoms. The quantitative estimate of drug-likeness (QED) is 0.737. The van der Waals surface area contributed by atoms with Gasteiger partial charge in [-0.15, -0.1) is 0 Å². The predicted molar refractivity (Wildman–Crippen MR) is 67.5 cm³/mol. The van der Waals surface area contributed by atoms with E-state index in [9.17, 15) is 10.2 Å². The summed E-state index contributed by atoms with van der Waals surface area (Å²) in [6.45, 7) is 6.85. The zero-order chi connectivity index (χ0) is 12.5. The third-order valence-corrected chi connectivity index (χ3v) is 6.93. The van der Waals surface area contributed by atoms with Crippen LogP contribution in [0.3, 0.4) is 0 Å². The molecule has 0 amide bonds. The summed E-state index contributed by atoms with van der Waals surface area (Å²) in [4.78, 5) is 0. The molecule has 2 unspecified atom stereocenters. The number of rotatable bonds is 1. The SMILES string of the molecule is C[C@@H]1CC[C@@H]2C13CC[C@@](C)(O)C(C3)[C@@]2(C)CO. The maximum Gasteiger partial charge on any atom is 0.0654 e. The molecule has 2 nitrogen and oxygen atoms in total. The van der Waals surface area contributed by atoms with Crippen molar-refractivity contribution >= 4 is 0 Å². The van der Waals surface area contributed by atoms with Gasteiger partial charge in [-0.3, -0.25) is 0 Å². The Morgan fingerprint density at radius 1 is 1.12 bits per heavy atom. The molecule has 2 N–H and O–H groups in total. The van der Waals surface area contributed by atoms with E-state index in [2.05, 4.69) is 13.8 Å². The number of hydrogen-bond acceptors (Lipinski definition) is 2. The van der Waals surface area contributed by atoms with Crippen LogP contribution >= 0.6 is 0 Å². The highest BCUT2D eigenvalue weighted by atomic mass is 16.3. The first kappa shape index (κ1) is 12.0. The van der Waals surface area contributed by atoms with Crippen LogP contribution in [0, 0.1) is 28.6 Å². The number of aliphatic hydroxyl groups excluding tert-OH is 1. The van der Waals surface area contributed by atoms with Crippen LogP contribution < -0.4 is 0 Å². The van der Waals surface area contributed by atoms with Gasteiger partial charge in [-0.25, -0.2) is 0 Å². The first-order valence-electron chi connectivity index (χ1n) is 7.20. The van der Waals surface area contributed by atoms with Crippen LogP contribution in [-0.2, 0) is 0 Å². The number of aliphatic hydroxyl groups is 2. The fraction of sp³-hybridized carbons (Fsp3) is 1.00. The van der Waals surface area contributed by atoms with Crippen molar-refractivity contribution in [3.63, 3.8) is 0 Å². The molecular weight excluding hydrogens is 212 g/mol. The van der Waals surface area contributed by atoms with Crippen LogP contribution in [-0.4, -0.2) is 22.4 Å². The molecule has 98 valence electrons. The molecule has 0 radical (unpaired) electrons. The summed E-state index contributed by atoms with van der Waals surface area (Å²) in [6.07, 6.45) is 5.80. The average Bonchev–Trinajstić information content (AvgIpc) is 2.71. The van der Waals surface area contributed by atoms with Gasteiger partial charge in [0.05, 0.1) is 5.60 Å². The van der Waals surface area contributed by atoms with Crippen LogP contribution in [0.2, 0.25) is 0 Å². The highest BCUT2D eigenvalue weighted by Gasteiger charge is 2.68. The monoisotopic (exact) mass is 238 g/mol. The summed E-state index contributed by atoms with van der Waals surface area (Å²) in [5.74, 6) is 1.70. The molecule has 3 saturated carbocycles. The topological polar surface area (TPSA) is 40.5 Å². The van der Waals surface area contributed by atoms with Crippen molar-refractivity contribution in [1.82, 2.24) is 0 Å². The Balaban J connectivity index is 2.08. The molecule has 0 saturated heterocycles. The molecule has 2 bridgehead atoms. The van der Waals surface area contributed by atoms with Crippen molar-refractivity contribution < 1.29 is 10.2 Å². The van der Waals surface area contributed by atoms with Gasteiger partial charge in [0.25, 0.3) is 0 Å². The second-order valence-electron chi connectivity index (χ2n) is 7.54. The third kappa shape index (κ3) is 1.24. The summed E-state index contributed by atoms with van der Waals surface area (Å²) in [7, 11) is 0. The summed E-state index contributed by atoms with van der Waals surface area (Å²) < 4.78 is 0. The third-order valence-electron chi connectivity index (χ3n) is 6.93. The molecule has 3 aliphatic rings. The summed E-state index contributed by atoms with van der Waals surface area (Å²) in [6, 6.07) is 0. The standard InChI is InChI=1S/C15H26O2/c1-10-4-5-11-13(2,9-16)12-8-15(10,11)7-6-14(12,3)17/h10-12,16-17H,4-9H2,1-3H3/t10-,11+,12?,13+,14-,15?/m1/s1. The number of hydrogen-bond donors (Lipinski definition) is 2. The van der Waals surface area contributed by atoms with Crippen molar-refractivity contribution in [3.05, 3.63) is 0 Å². The molecule has 6 atom stereocenters. The van der Waals surface area contributed by atoms with Gasteiger partial charge in [0.2, 0.25) is 0 Å². The Kier molecular flexibility index (Phi) is 2.30. The van der Waals surface area contributed by atoms with Crippen LogP contribution in [0.25, 0.3) is 0 Å². The van der Waals surface area contributed by atoms with Gasteiger partial charge in [-0.2, -0.15) is 0 Å². The van der Waals surface area contributed by atoms with E-state index in [1.54, 1.807) is 0 Å². The highest BCUT2D eigenvalue weighted by Crippen LogP contribution is 2.73. The first-order chi connectivity index (χ1) is 7.87. The van der Waals surface area contributed by atoms with Crippen molar-refractivity contribution in [1.29, 1.82) is 0 Å². The molecule has 17 heavy (non-hydrogen) atoms. The minimum Gasteiger partial charge on any atom is -0.396 e. The van der Waals surface area contributed by atoms with E-state index < -0.39 is 5.60 Å². The van der Waals surface area contributed by atoms with Gasteiger partial charge in [-0.05, 0) is 67.6 Å². The predicted octanol–water partition coefficient (Wildman–Crippen LogP) is 2.58. The Bertz CT molecular complexity index is 334.